The van der Waals surface area contributed by atoms with Crippen LogP contribution in [0.5, 0.6) is 11.5 Å². The zero-order chi connectivity index (χ0) is 18.8. The third-order valence-corrected chi connectivity index (χ3v) is 4.73. The average Bonchev–Trinajstić information content (AvgIpc) is 3.33. The Morgan fingerprint density at radius 1 is 1.15 bits per heavy atom. The highest BCUT2D eigenvalue weighted by Gasteiger charge is 2.37. The molecule has 2 aromatic rings. The second-order valence-corrected chi connectivity index (χ2v) is 6.88. The van der Waals surface area contributed by atoms with Gasteiger partial charge in [0.05, 0.1) is 6.20 Å². The van der Waals surface area contributed by atoms with Crippen LogP contribution in [0.3, 0.4) is 0 Å². The first-order valence-corrected chi connectivity index (χ1v) is 9.11. The second-order valence-electron chi connectivity index (χ2n) is 6.88. The van der Waals surface area contributed by atoms with Gasteiger partial charge < -0.3 is 15.0 Å². The van der Waals surface area contributed by atoms with Gasteiger partial charge in [0.15, 0.2) is 0 Å². The van der Waals surface area contributed by atoms with Crippen LogP contribution in [0.4, 0.5) is 4.39 Å². The van der Waals surface area contributed by atoms with Gasteiger partial charge in [-0.25, -0.2) is 9.37 Å². The van der Waals surface area contributed by atoms with E-state index in [1.165, 1.54) is 18.3 Å². The zero-order valence-electron chi connectivity index (χ0n) is 14.7. The molecular formula is C20H20FN3O3. The monoisotopic (exact) mass is 369 g/mol. The molecule has 1 aliphatic carbocycles. The molecule has 2 fully saturated rings. The third kappa shape index (κ3) is 4.07. The number of ether oxygens (including phenoxy) is 1. The van der Waals surface area contributed by atoms with Gasteiger partial charge in [-0.3, -0.25) is 9.59 Å². The number of pyridine rings is 1. The Kier molecular flexibility index (Phi) is 4.75. The van der Waals surface area contributed by atoms with Gasteiger partial charge in [0.1, 0.15) is 29.1 Å². The molecule has 1 saturated carbocycles. The number of carbonyl (C=O) groups excluding carboxylic acids is 2. The summed E-state index contributed by atoms with van der Waals surface area (Å²) in [5.74, 6) is 0.0285. The van der Waals surface area contributed by atoms with Crippen molar-refractivity contribution in [3.8, 4) is 11.5 Å². The molecule has 140 valence electrons. The van der Waals surface area contributed by atoms with Crippen molar-refractivity contribution in [2.75, 3.05) is 6.54 Å². The number of hydrogen-bond donors (Lipinski definition) is 1. The van der Waals surface area contributed by atoms with Crippen molar-refractivity contribution in [2.45, 2.75) is 37.8 Å². The SMILES string of the molecule is O=C(NC1CC1)C1CCCN1C(=O)c1ccc(Oc2cccc(F)c2)cn1. The Morgan fingerprint density at radius 2 is 2.00 bits per heavy atom. The maximum atomic E-state index is 13.2. The Labute approximate surface area is 156 Å². The summed E-state index contributed by atoms with van der Waals surface area (Å²) in [5, 5.41) is 2.97. The lowest BCUT2D eigenvalue weighted by molar-refractivity contribution is -0.125. The maximum Gasteiger partial charge on any atom is 0.273 e. The summed E-state index contributed by atoms with van der Waals surface area (Å²) in [4.78, 5) is 30.9. The highest BCUT2D eigenvalue weighted by molar-refractivity contribution is 5.96. The van der Waals surface area contributed by atoms with Crippen molar-refractivity contribution in [2.24, 2.45) is 0 Å². The summed E-state index contributed by atoms with van der Waals surface area (Å²) >= 11 is 0. The van der Waals surface area contributed by atoms with Gasteiger partial charge in [0.2, 0.25) is 5.91 Å². The molecule has 27 heavy (non-hydrogen) atoms. The standard InChI is InChI=1S/C20H20FN3O3/c21-13-3-1-4-15(11-13)27-16-8-9-17(22-12-16)20(26)24-10-2-5-18(24)19(25)23-14-6-7-14/h1,3-4,8-9,11-12,14,18H,2,5-7,10H2,(H,23,25). The van der Waals surface area contributed by atoms with Crippen LogP contribution >= 0.6 is 0 Å². The van der Waals surface area contributed by atoms with Gasteiger partial charge in [-0.2, -0.15) is 0 Å². The van der Waals surface area contributed by atoms with Crippen LogP contribution < -0.4 is 10.1 Å². The van der Waals surface area contributed by atoms with E-state index in [4.69, 9.17) is 4.74 Å². The minimum absolute atomic E-state index is 0.0746. The highest BCUT2D eigenvalue weighted by atomic mass is 19.1. The van der Waals surface area contributed by atoms with Crippen LogP contribution in [0.25, 0.3) is 0 Å². The summed E-state index contributed by atoms with van der Waals surface area (Å²) in [6.07, 6.45) is 4.93. The largest absolute Gasteiger partial charge is 0.456 e. The smallest absolute Gasteiger partial charge is 0.273 e. The lowest BCUT2D eigenvalue weighted by Crippen LogP contribution is -2.46. The summed E-state index contributed by atoms with van der Waals surface area (Å²) in [7, 11) is 0. The van der Waals surface area contributed by atoms with E-state index in [1.54, 1.807) is 29.2 Å². The second kappa shape index (κ2) is 7.34. The zero-order valence-corrected chi connectivity index (χ0v) is 14.7. The Bertz CT molecular complexity index is 852. The first kappa shape index (κ1) is 17.5. The summed E-state index contributed by atoms with van der Waals surface area (Å²) in [5.41, 5.74) is 0.257. The number of benzene rings is 1. The summed E-state index contributed by atoms with van der Waals surface area (Å²) in [6, 6.07) is 8.80. The highest BCUT2D eigenvalue weighted by Crippen LogP contribution is 2.25. The lowest BCUT2D eigenvalue weighted by atomic mass is 10.2. The van der Waals surface area contributed by atoms with Gasteiger partial charge in [0, 0.05) is 18.7 Å². The van der Waals surface area contributed by atoms with E-state index >= 15 is 0 Å². The molecule has 0 bridgehead atoms. The van der Waals surface area contributed by atoms with E-state index in [0.29, 0.717) is 24.5 Å². The van der Waals surface area contributed by atoms with E-state index in [1.807, 2.05) is 0 Å². The van der Waals surface area contributed by atoms with Gasteiger partial charge in [-0.1, -0.05) is 6.07 Å². The van der Waals surface area contributed by atoms with Crippen LogP contribution in [0, 0.1) is 5.82 Å². The van der Waals surface area contributed by atoms with Gasteiger partial charge in [0.25, 0.3) is 5.91 Å². The van der Waals surface area contributed by atoms with E-state index < -0.39 is 11.9 Å². The molecule has 1 atom stereocenters. The molecule has 0 spiro atoms. The number of halogens is 1. The Morgan fingerprint density at radius 3 is 2.70 bits per heavy atom. The molecule has 1 saturated heterocycles. The van der Waals surface area contributed by atoms with Gasteiger partial charge in [-0.15, -0.1) is 0 Å². The fourth-order valence-corrected chi connectivity index (χ4v) is 3.19. The Hall–Kier alpha value is -2.96. The number of carbonyl (C=O) groups is 2. The Balaban J connectivity index is 1.43. The van der Waals surface area contributed by atoms with Crippen LogP contribution in [0.2, 0.25) is 0 Å². The van der Waals surface area contributed by atoms with Gasteiger partial charge in [-0.05, 0) is 49.9 Å². The molecule has 0 radical (unpaired) electrons. The van der Waals surface area contributed by atoms with Crippen molar-refractivity contribution >= 4 is 11.8 Å². The number of likely N-dealkylation sites (tertiary alicyclic amines) is 1. The van der Waals surface area contributed by atoms with Crippen molar-refractivity contribution in [1.82, 2.24) is 15.2 Å². The van der Waals surface area contributed by atoms with E-state index in [9.17, 15) is 14.0 Å². The van der Waals surface area contributed by atoms with Crippen LogP contribution in [-0.2, 0) is 4.79 Å². The molecule has 1 N–H and O–H groups in total. The first-order chi connectivity index (χ1) is 13.1. The van der Waals surface area contributed by atoms with Crippen molar-refractivity contribution in [3.05, 3.63) is 54.1 Å². The van der Waals surface area contributed by atoms with Gasteiger partial charge >= 0.3 is 0 Å². The van der Waals surface area contributed by atoms with Crippen LogP contribution in [0.15, 0.2) is 42.6 Å². The molecular weight excluding hydrogens is 349 g/mol. The average molecular weight is 369 g/mol. The van der Waals surface area contributed by atoms with Crippen LogP contribution in [0.1, 0.15) is 36.2 Å². The molecule has 4 rings (SSSR count). The molecule has 6 nitrogen and oxygen atoms in total. The molecule has 2 heterocycles. The molecule has 2 aliphatic rings. The fraction of sp³-hybridized carbons (Fsp3) is 0.350. The summed E-state index contributed by atoms with van der Waals surface area (Å²) in [6.45, 7) is 0.546. The fourth-order valence-electron chi connectivity index (χ4n) is 3.19. The molecule has 1 unspecified atom stereocenters. The van der Waals surface area contributed by atoms with Crippen molar-refractivity contribution in [1.29, 1.82) is 0 Å². The number of aromatic nitrogens is 1. The number of amides is 2. The number of hydrogen-bond acceptors (Lipinski definition) is 4. The lowest BCUT2D eigenvalue weighted by Gasteiger charge is -2.23. The van der Waals surface area contributed by atoms with Crippen molar-refractivity contribution in [3.63, 3.8) is 0 Å². The number of rotatable bonds is 5. The third-order valence-electron chi connectivity index (χ3n) is 4.73. The number of nitrogens with zero attached hydrogens (tertiary/aromatic N) is 2. The minimum atomic E-state index is -0.428. The van der Waals surface area contributed by atoms with E-state index in [2.05, 4.69) is 10.3 Å². The topological polar surface area (TPSA) is 71.5 Å². The minimum Gasteiger partial charge on any atom is -0.456 e. The van der Waals surface area contributed by atoms with E-state index in [-0.39, 0.29) is 23.6 Å². The van der Waals surface area contributed by atoms with E-state index in [0.717, 1.165) is 19.3 Å². The van der Waals surface area contributed by atoms with Crippen molar-refractivity contribution < 1.29 is 18.7 Å². The predicted molar refractivity (Wildman–Crippen MR) is 95.9 cm³/mol. The molecule has 7 heteroatoms. The first-order valence-electron chi connectivity index (χ1n) is 9.11. The summed E-state index contributed by atoms with van der Waals surface area (Å²) < 4.78 is 18.8. The predicted octanol–water partition coefficient (Wildman–Crippen LogP) is 2.90. The molecule has 1 aromatic carbocycles. The molecule has 1 aromatic heterocycles. The number of nitrogens with one attached hydrogen (secondary N) is 1. The molecule has 2 amide bonds. The normalized spacial score (nSPS) is 19.0. The van der Waals surface area contributed by atoms with Crippen LogP contribution in [-0.4, -0.2) is 40.3 Å². The quantitative estimate of drug-likeness (QED) is 0.880. The molecule has 1 aliphatic heterocycles. The maximum absolute atomic E-state index is 13.2.